The Kier molecular flexibility index (Phi) is 4.61. The van der Waals surface area contributed by atoms with Gasteiger partial charge in [-0.3, -0.25) is 9.59 Å². The minimum atomic E-state index is -0.449. The number of benzene rings is 2. The Morgan fingerprint density at radius 3 is 2.53 bits per heavy atom. The van der Waals surface area contributed by atoms with E-state index in [1.807, 2.05) is 47.4 Å². The number of hydrogen-bond donors (Lipinski definition) is 1. The Labute approximate surface area is 176 Å². The van der Waals surface area contributed by atoms with E-state index >= 15 is 0 Å². The minimum Gasteiger partial charge on any atom is -0.356 e. The van der Waals surface area contributed by atoms with E-state index in [0.717, 1.165) is 34.1 Å². The van der Waals surface area contributed by atoms with Crippen LogP contribution in [0, 0.1) is 5.92 Å². The summed E-state index contributed by atoms with van der Waals surface area (Å²) in [5.74, 6) is 0.600. The summed E-state index contributed by atoms with van der Waals surface area (Å²) in [4.78, 5) is 34.0. The number of carbonyl (C=O) groups excluding carboxylic acids is 2. The van der Waals surface area contributed by atoms with Crippen molar-refractivity contribution in [1.82, 2.24) is 14.8 Å². The number of hydrogen-bond acceptors (Lipinski definition) is 2. The van der Waals surface area contributed by atoms with Gasteiger partial charge in [0, 0.05) is 29.6 Å². The third-order valence-electron chi connectivity index (χ3n) is 6.43. The summed E-state index contributed by atoms with van der Waals surface area (Å²) in [5.41, 5.74) is 4.29. The number of nitrogens with zero attached hydrogens (tertiary/aromatic N) is 2. The fraction of sp³-hybridized carbons (Fsp3) is 0.360. The van der Waals surface area contributed by atoms with E-state index in [0.29, 0.717) is 18.9 Å². The smallest absolute Gasteiger partial charge is 0.246 e. The maximum absolute atomic E-state index is 13.5. The van der Waals surface area contributed by atoms with E-state index in [1.165, 1.54) is 0 Å². The molecule has 2 unspecified atom stereocenters. The van der Waals surface area contributed by atoms with Crippen LogP contribution in [0.25, 0.3) is 10.9 Å². The molecule has 2 aliphatic heterocycles. The molecule has 5 nitrogen and oxygen atoms in total. The Morgan fingerprint density at radius 2 is 1.77 bits per heavy atom. The van der Waals surface area contributed by atoms with Crippen molar-refractivity contribution in [3.63, 3.8) is 0 Å². The normalized spacial score (nSPS) is 21.3. The van der Waals surface area contributed by atoms with Gasteiger partial charge in [0.2, 0.25) is 11.8 Å². The van der Waals surface area contributed by atoms with Crippen LogP contribution < -0.4 is 0 Å². The van der Waals surface area contributed by atoms with Crippen molar-refractivity contribution in [3.8, 4) is 0 Å². The number of piperazine rings is 1. The third-order valence-corrected chi connectivity index (χ3v) is 6.43. The lowest BCUT2D eigenvalue weighted by molar-refractivity contribution is -0.158. The number of rotatable bonds is 4. The predicted octanol–water partition coefficient (Wildman–Crippen LogP) is 3.90. The van der Waals surface area contributed by atoms with E-state index in [2.05, 4.69) is 31.0 Å². The van der Waals surface area contributed by atoms with Crippen molar-refractivity contribution in [2.75, 3.05) is 13.1 Å². The quantitative estimate of drug-likeness (QED) is 0.721. The van der Waals surface area contributed by atoms with Crippen LogP contribution in [-0.2, 0) is 16.0 Å². The third kappa shape index (κ3) is 3.00. The average Bonchev–Trinajstić information content (AvgIpc) is 3.12. The summed E-state index contributed by atoms with van der Waals surface area (Å²) in [6.45, 7) is 5.10. The van der Waals surface area contributed by atoms with Gasteiger partial charge in [-0.15, -0.1) is 0 Å². The number of carbonyl (C=O) groups is 2. The molecule has 30 heavy (non-hydrogen) atoms. The summed E-state index contributed by atoms with van der Waals surface area (Å²) >= 11 is 0. The van der Waals surface area contributed by atoms with Crippen LogP contribution in [-0.4, -0.2) is 45.7 Å². The molecule has 2 atom stereocenters. The fourth-order valence-electron chi connectivity index (χ4n) is 4.91. The Hall–Kier alpha value is -3.08. The van der Waals surface area contributed by atoms with Gasteiger partial charge < -0.3 is 14.8 Å². The van der Waals surface area contributed by atoms with Crippen LogP contribution in [0.5, 0.6) is 0 Å². The maximum Gasteiger partial charge on any atom is 0.246 e. The molecule has 0 radical (unpaired) electrons. The topological polar surface area (TPSA) is 56.4 Å². The first kappa shape index (κ1) is 18.9. The molecule has 0 spiro atoms. The molecule has 1 fully saturated rings. The van der Waals surface area contributed by atoms with Gasteiger partial charge in [0.15, 0.2) is 0 Å². The van der Waals surface area contributed by atoms with Gasteiger partial charge in [-0.2, -0.15) is 0 Å². The molecule has 3 heterocycles. The minimum absolute atomic E-state index is 0.0292. The van der Waals surface area contributed by atoms with Gasteiger partial charge in [-0.1, -0.05) is 62.4 Å². The molecule has 5 heteroatoms. The molecule has 0 saturated carbocycles. The second kappa shape index (κ2) is 7.31. The van der Waals surface area contributed by atoms with E-state index in [-0.39, 0.29) is 24.4 Å². The highest BCUT2D eigenvalue weighted by Crippen LogP contribution is 2.42. The number of aromatic amines is 1. The molecule has 2 amide bonds. The molecule has 2 aliphatic rings. The fourth-order valence-corrected chi connectivity index (χ4v) is 4.91. The van der Waals surface area contributed by atoms with Crippen LogP contribution in [0.4, 0.5) is 0 Å². The largest absolute Gasteiger partial charge is 0.356 e. The van der Waals surface area contributed by atoms with Gasteiger partial charge in [0.05, 0.1) is 12.6 Å². The highest BCUT2D eigenvalue weighted by molar-refractivity contribution is 5.97. The zero-order valence-electron chi connectivity index (χ0n) is 17.5. The van der Waals surface area contributed by atoms with Gasteiger partial charge >= 0.3 is 0 Å². The standard InChI is InChI=1S/C25H27N3O2/c1-16(2)12-13-27-15-22(29)28-21(25(27)30)14-19-18-10-6-7-11-20(18)26-23(19)24(28)17-8-4-3-5-9-17/h3-11,16,21,24,26H,12-15H2,1-2H3. The first-order chi connectivity index (χ1) is 14.5. The lowest BCUT2D eigenvalue weighted by Crippen LogP contribution is -2.63. The number of aromatic nitrogens is 1. The monoisotopic (exact) mass is 401 g/mol. The molecule has 154 valence electrons. The Bertz CT molecular complexity index is 1100. The second-order valence-electron chi connectivity index (χ2n) is 8.84. The van der Waals surface area contributed by atoms with Gasteiger partial charge in [0.1, 0.15) is 6.04 Å². The van der Waals surface area contributed by atoms with Crippen LogP contribution in [0.1, 0.15) is 43.1 Å². The molecular weight excluding hydrogens is 374 g/mol. The van der Waals surface area contributed by atoms with Crippen LogP contribution in [0.2, 0.25) is 0 Å². The summed E-state index contributed by atoms with van der Waals surface area (Å²) in [5, 5.41) is 1.15. The number of para-hydroxylation sites is 1. The molecule has 1 saturated heterocycles. The first-order valence-corrected chi connectivity index (χ1v) is 10.8. The van der Waals surface area contributed by atoms with Gasteiger partial charge in [0.25, 0.3) is 0 Å². The lowest BCUT2D eigenvalue weighted by Gasteiger charge is -2.47. The predicted molar refractivity (Wildman–Crippen MR) is 117 cm³/mol. The molecule has 1 N–H and O–H groups in total. The maximum atomic E-state index is 13.5. The van der Waals surface area contributed by atoms with Gasteiger partial charge in [-0.25, -0.2) is 0 Å². The molecule has 0 bridgehead atoms. The van der Waals surface area contributed by atoms with Gasteiger partial charge in [-0.05, 0) is 29.5 Å². The zero-order valence-corrected chi connectivity index (χ0v) is 17.5. The van der Waals surface area contributed by atoms with Crippen LogP contribution >= 0.6 is 0 Å². The average molecular weight is 402 g/mol. The molecule has 3 aromatic rings. The molecule has 5 rings (SSSR count). The van der Waals surface area contributed by atoms with Crippen molar-refractivity contribution >= 4 is 22.7 Å². The summed E-state index contributed by atoms with van der Waals surface area (Å²) in [6, 6.07) is 17.6. The van der Waals surface area contributed by atoms with E-state index in [4.69, 9.17) is 0 Å². The lowest BCUT2D eigenvalue weighted by atomic mass is 9.86. The van der Waals surface area contributed by atoms with Crippen LogP contribution in [0.3, 0.4) is 0 Å². The number of H-pyrrole nitrogens is 1. The zero-order chi connectivity index (χ0) is 20.8. The molecule has 2 aromatic carbocycles. The number of fused-ring (bicyclic) bond motifs is 4. The molecule has 1 aromatic heterocycles. The Balaban J connectivity index is 1.63. The summed E-state index contributed by atoms with van der Waals surface area (Å²) < 4.78 is 0. The number of nitrogens with one attached hydrogen (secondary N) is 1. The second-order valence-corrected chi connectivity index (χ2v) is 8.84. The molecular formula is C25H27N3O2. The van der Waals surface area contributed by atoms with Crippen molar-refractivity contribution in [3.05, 3.63) is 71.4 Å². The highest BCUT2D eigenvalue weighted by atomic mass is 16.2. The van der Waals surface area contributed by atoms with E-state index in [1.54, 1.807) is 4.90 Å². The SMILES string of the molecule is CC(C)CCN1CC(=O)N2C(Cc3c([nH]c4ccccc34)C2c2ccccc2)C1=O. The summed E-state index contributed by atoms with van der Waals surface area (Å²) in [6.07, 6.45) is 1.47. The Morgan fingerprint density at radius 1 is 1.03 bits per heavy atom. The van der Waals surface area contributed by atoms with Crippen molar-refractivity contribution < 1.29 is 9.59 Å². The van der Waals surface area contributed by atoms with Crippen LogP contribution in [0.15, 0.2) is 54.6 Å². The van der Waals surface area contributed by atoms with Crippen molar-refractivity contribution in [1.29, 1.82) is 0 Å². The molecule has 0 aliphatic carbocycles. The van der Waals surface area contributed by atoms with E-state index < -0.39 is 6.04 Å². The van der Waals surface area contributed by atoms with E-state index in [9.17, 15) is 9.59 Å². The number of amides is 2. The van der Waals surface area contributed by atoms with Crippen molar-refractivity contribution in [2.45, 2.75) is 38.8 Å². The first-order valence-electron chi connectivity index (χ1n) is 10.8. The highest BCUT2D eigenvalue weighted by Gasteiger charge is 2.47. The van der Waals surface area contributed by atoms with Crippen molar-refractivity contribution in [2.24, 2.45) is 5.92 Å². The summed E-state index contributed by atoms with van der Waals surface area (Å²) in [7, 11) is 0.